The fraction of sp³-hybridized carbons (Fsp3) is 0.182. The summed E-state index contributed by atoms with van der Waals surface area (Å²) in [5.41, 5.74) is 0.716. The molecule has 3 N–H and O–H groups in total. The number of thiophene rings is 1. The fourth-order valence-corrected chi connectivity index (χ4v) is 3.53. The van der Waals surface area contributed by atoms with E-state index in [-0.39, 0.29) is 24.4 Å². The number of carbonyl (C=O) groups is 2. The molecule has 0 aliphatic carbocycles. The molecule has 0 saturated heterocycles. The molecule has 2 unspecified atom stereocenters. The molecule has 30 heavy (non-hydrogen) atoms. The molecule has 3 aromatic rings. The Bertz CT molecular complexity index is 997. The summed E-state index contributed by atoms with van der Waals surface area (Å²) in [5.74, 6) is -2.56. The molecule has 1 heterocycles. The number of halogens is 2. The first-order chi connectivity index (χ1) is 14.4. The van der Waals surface area contributed by atoms with Crippen molar-refractivity contribution in [2.75, 3.05) is 6.54 Å². The standard InChI is InChI=1S/C22H20F2N2O3S/c23-15-8-9-16(17(24)12-15)19(27)13-25-21(28)18(11-14-5-2-1-3-6-14)26-22(29)20-7-4-10-30-20/h1-10,12,18-19,27H,11,13H2,(H,25,28)(H,26,29). The molecule has 5 nitrogen and oxygen atoms in total. The summed E-state index contributed by atoms with van der Waals surface area (Å²) in [7, 11) is 0. The minimum Gasteiger partial charge on any atom is -0.386 e. The van der Waals surface area contributed by atoms with Gasteiger partial charge in [-0.15, -0.1) is 11.3 Å². The van der Waals surface area contributed by atoms with Crippen LogP contribution in [0.5, 0.6) is 0 Å². The molecular weight excluding hydrogens is 410 g/mol. The highest BCUT2D eigenvalue weighted by atomic mass is 32.1. The number of nitrogens with one attached hydrogen (secondary N) is 2. The maximum Gasteiger partial charge on any atom is 0.262 e. The number of carbonyl (C=O) groups excluding carboxylic acids is 2. The van der Waals surface area contributed by atoms with Crippen molar-refractivity contribution in [3.8, 4) is 0 Å². The first kappa shape index (κ1) is 21.6. The summed E-state index contributed by atoms with van der Waals surface area (Å²) >= 11 is 1.25. The maximum absolute atomic E-state index is 13.8. The Morgan fingerprint density at radius 2 is 1.80 bits per heavy atom. The van der Waals surface area contributed by atoms with E-state index >= 15 is 0 Å². The van der Waals surface area contributed by atoms with E-state index in [0.29, 0.717) is 10.9 Å². The fourth-order valence-electron chi connectivity index (χ4n) is 2.90. The van der Waals surface area contributed by atoms with Crippen LogP contribution in [-0.4, -0.2) is 29.5 Å². The highest BCUT2D eigenvalue weighted by Gasteiger charge is 2.23. The molecule has 2 atom stereocenters. The number of hydrogen-bond acceptors (Lipinski definition) is 4. The van der Waals surface area contributed by atoms with Crippen LogP contribution >= 0.6 is 11.3 Å². The minimum atomic E-state index is -1.36. The lowest BCUT2D eigenvalue weighted by Gasteiger charge is -2.20. The first-order valence-electron chi connectivity index (χ1n) is 9.23. The van der Waals surface area contributed by atoms with Gasteiger partial charge in [0.1, 0.15) is 17.7 Å². The van der Waals surface area contributed by atoms with Crippen LogP contribution in [0.4, 0.5) is 8.78 Å². The molecule has 1 aromatic heterocycles. The van der Waals surface area contributed by atoms with Crippen molar-refractivity contribution in [3.05, 3.63) is 93.7 Å². The number of aliphatic hydroxyl groups is 1. The normalized spacial score (nSPS) is 12.8. The third-order valence-corrected chi connectivity index (χ3v) is 5.31. The molecule has 2 aromatic carbocycles. The van der Waals surface area contributed by atoms with E-state index in [1.807, 2.05) is 30.3 Å². The molecule has 0 aliphatic rings. The second-order valence-electron chi connectivity index (χ2n) is 6.62. The second kappa shape index (κ2) is 10.1. The van der Waals surface area contributed by atoms with Crippen molar-refractivity contribution in [1.29, 1.82) is 0 Å². The molecule has 156 valence electrons. The topological polar surface area (TPSA) is 78.4 Å². The van der Waals surface area contributed by atoms with Gasteiger partial charge in [0.2, 0.25) is 5.91 Å². The third kappa shape index (κ3) is 5.71. The van der Waals surface area contributed by atoms with E-state index in [1.165, 1.54) is 11.3 Å². The average molecular weight is 430 g/mol. The predicted molar refractivity (Wildman–Crippen MR) is 110 cm³/mol. The lowest BCUT2D eigenvalue weighted by Crippen LogP contribution is -2.48. The van der Waals surface area contributed by atoms with E-state index in [9.17, 15) is 23.5 Å². The number of rotatable bonds is 8. The molecule has 2 amide bonds. The predicted octanol–water partition coefficient (Wildman–Crippen LogP) is 3.22. The van der Waals surface area contributed by atoms with E-state index in [1.54, 1.807) is 17.5 Å². The van der Waals surface area contributed by atoms with Crippen molar-refractivity contribution < 1.29 is 23.5 Å². The van der Waals surface area contributed by atoms with E-state index < -0.39 is 29.7 Å². The van der Waals surface area contributed by atoms with Gasteiger partial charge in [-0.05, 0) is 23.1 Å². The summed E-state index contributed by atoms with van der Waals surface area (Å²) in [4.78, 5) is 25.6. The SMILES string of the molecule is O=C(NC(Cc1ccccc1)C(=O)NCC(O)c1ccc(F)cc1F)c1cccs1. The van der Waals surface area contributed by atoms with Crippen LogP contribution in [0.3, 0.4) is 0 Å². The third-order valence-electron chi connectivity index (χ3n) is 4.44. The summed E-state index contributed by atoms with van der Waals surface area (Å²) < 4.78 is 26.9. The Kier molecular flexibility index (Phi) is 7.26. The van der Waals surface area contributed by atoms with Crippen LogP contribution in [0.25, 0.3) is 0 Å². The number of hydrogen-bond donors (Lipinski definition) is 3. The van der Waals surface area contributed by atoms with Crippen LogP contribution in [0.1, 0.15) is 26.9 Å². The monoisotopic (exact) mass is 430 g/mol. The highest BCUT2D eigenvalue weighted by molar-refractivity contribution is 7.12. The quantitative estimate of drug-likeness (QED) is 0.514. The summed E-state index contributed by atoms with van der Waals surface area (Å²) in [6.45, 7) is -0.290. The van der Waals surface area contributed by atoms with Gasteiger partial charge in [0.25, 0.3) is 5.91 Å². The van der Waals surface area contributed by atoms with Gasteiger partial charge in [0.15, 0.2) is 0 Å². The zero-order chi connectivity index (χ0) is 21.5. The number of amides is 2. The summed E-state index contributed by atoms with van der Waals surface area (Å²) in [5, 5.41) is 17.2. The molecule has 0 fully saturated rings. The Morgan fingerprint density at radius 1 is 1.03 bits per heavy atom. The molecular formula is C22H20F2N2O3S. The lowest BCUT2D eigenvalue weighted by molar-refractivity contribution is -0.123. The Labute approximate surface area is 176 Å². The molecule has 0 spiro atoms. The second-order valence-corrected chi connectivity index (χ2v) is 7.57. The van der Waals surface area contributed by atoms with Crippen LogP contribution in [0, 0.1) is 11.6 Å². The van der Waals surface area contributed by atoms with Crippen LogP contribution < -0.4 is 10.6 Å². The van der Waals surface area contributed by atoms with Gasteiger partial charge in [-0.2, -0.15) is 0 Å². The molecule has 8 heteroatoms. The van der Waals surface area contributed by atoms with Gasteiger partial charge in [0, 0.05) is 24.6 Å². The van der Waals surface area contributed by atoms with Crippen molar-refractivity contribution in [2.24, 2.45) is 0 Å². The first-order valence-corrected chi connectivity index (χ1v) is 10.1. The van der Waals surface area contributed by atoms with Gasteiger partial charge < -0.3 is 15.7 Å². The lowest BCUT2D eigenvalue weighted by atomic mass is 10.0. The molecule has 0 saturated carbocycles. The maximum atomic E-state index is 13.8. The average Bonchev–Trinajstić information content (AvgIpc) is 3.27. The van der Waals surface area contributed by atoms with Gasteiger partial charge >= 0.3 is 0 Å². The van der Waals surface area contributed by atoms with Crippen molar-refractivity contribution in [1.82, 2.24) is 10.6 Å². The van der Waals surface area contributed by atoms with Gasteiger partial charge in [-0.3, -0.25) is 9.59 Å². The van der Waals surface area contributed by atoms with Crippen molar-refractivity contribution in [3.63, 3.8) is 0 Å². The smallest absolute Gasteiger partial charge is 0.262 e. The molecule has 0 radical (unpaired) electrons. The minimum absolute atomic E-state index is 0.126. The van der Waals surface area contributed by atoms with E-state index in [2.05, 4.69) is 10.6 Å². The number of aliphatic hydroxyl groups excluding tert-OH is 1. The van der Waals surface area contributed by atoms with Crippen molar-refractivity contribution in [2.45, 2.75) is 18.6 Å². The van der Waals surface area contributed by atoms with Crippen molar-refractivity contribution >= 4 is 23.2 Å². The molecule has 0 aliphatic heterocycles. The van der Waals surface area contributed by atoms with Crippen LogP contribution in [0.2, 0.25) is 0 Å². The zero-order valence-electron chi connectivity index (χ0n) is 15.8. The van der Waals surface area contributed by atoms with Crippen LogP contribution in [0.15, 0.2) is 66.0 Å². The van der Waals surface area contributed by atoms with Gasteiger partial charge in [-0.1, -0.05) is 42.5 Å². The number of benzene rings is 2. The van der Waals surface area contributed by atoms with E-state index in [4.69, 9.17) is 0 Å². The zero-order valence-corrected chi connectivity index (χ0v) is 16.7. The Hall–Kier alpha value is -3.10. The van der Waals surface area contributed by atoms with Gasteiger partial charge in [-0.25, -0.2) is 8.78 Å². The largest absolute Gasteiger partial charge is 0.386 e. The Morgan fingerprint density at radius 3 is 2.47 bits per heavy atom. The summed E-state index contributed by atoms with van der Waals surface area (Å²) in [6.07, 6.45) is -1.12. The summed E-state index contributed by atoms with van der Waals surface area (Å²) in [6, 6.07) is 14.5. The van der Waals surface area contributed by atoms with Gasteiger partial charge in [0.05, 0.1) is 11.0 Å². The molecule has 0 bridgehead atoms. The van der Waals surface area contributed by atoms with E-state index in [0.717, 1.165) is 17.7 Å². The highest BCUT2D eigenvalue weighted by Crippen LogP contribution is 2.17. The Balaban J connectivity index is 1.68. The van der Waals surface area contributed by atoms with Crippen LogP contribution in [-0.2, 0) is 11.2 Å². The molecule has 3 rings (SSSR count).